The Morgan fingerprint density at radius 3 is 2.50 bits per heavy atom. The zero-order chi connectivity index (χ0) is 8.04. The van der Waals surface area contributed by atoms with Gasteiger partial charge in [-0.3, -0.25) is 0 Å². The van der Waals surface area contributed by atoms with Crippen molar-refractivity contribution in [1.29, 1.82) is 0 Å². The van der Waals surface area contributed by atoms with Gasteiger partial charge in [-0.2, -0.15) is 0 Å². The summed E-state index contributed by atoms with van der Waals surface area (Å²) in [5.74, 6) is 0. The van der Waals surface area contributed by atoms with E-state index in [9.17, 15) is 8.42 Å². The van der Waals surface area contributed by atoms with Crippen LogP contribution in [0.3, 0.4) is 0 Å². The van der Waals surface area contributed by atoms with Crippen LogP contribution in [-0.2, 0) is 14.8 Å². The van der Waals surface area contributed by atoms with Crippen molar-refractivity contribution in [3.8, 4) is 0 Å². The van der Waals surface area contributed by atoms with Gasteiger partial charge in [0.25, 0.3) is 0 Å². The van der Waals surface area contributed by atoms with Crippen molar-refractivity contribution in [3.05, 3.63) is 0 Å². The van der Waals surface area contributed by atoms with Crippen molar-refractivity contribution in [1.82, 2.24) is 4.72 Å². The summed E-state index contributed by atoms with van der Waals surface area (Å²) in [4.78, 5) is 0. The normalized spacial score (nSPS) is 11.8. The summed E-state index contributed by atoms with van der Waals surface area (Å²) in [5.41, 5.74) is 0. The number of hydrogen-bond donors (Lipinski definition) is 1. The van der Waals surface area contributed by atoms with E-state index in [-0.39, 0.29) is 0 Å². The van der Waals surface area contributed by atoms with Gasteiger partial charge >= 0.3 is 0 Å². The van der Waals surface area contributed by atoms with E-state index in [4.69, 9.17) is 4.74 Å². The van der Waals surface area contributed by atoms with Crippen LogP contribution in [0.1, 0.15) is 6.92 Å². The minimum atomic E-state index is -3.03. The van der Waals surface area contributed by atoms with Crippen LogP contribution in [-0.4, -0.2) is 34.4 Å². The van der Waals surface area contributed by atoms with E-state index >= 15 is 0 Å². The Morgan fingerprint density at radius 2 is 2.10 bits per heavy atom. The Hall–Kier alpha value is -0.130. The maximum atomic E-state index is 10.4. The van der Waals surface area contributed by atoms with Gasteiger partial charge in [0.1, 0.15) is 0 Å². The first-order valence-electron chi connectivity index (χ1n) is 3.08. The first-order chi connectivity index (χ1) is 4.56. The molecular formula is C5H13NO3S. The molecule has 0 radical (unpaired) electrons. The van der Waals surface area contributed by atoms with Crippen LogP contribution in [0.4, 0.5) is 0 Å². The smallest absolute Gasteiger partial charge is 0.208 e. The fourth-order valence-corrected chi connectivity index (χ4v) is 0.898. The van der Waals surface area contributed by atoms with Crippen LogP contribution in [0.15, 0.2) is 0 Å². The fourth-order valence-electron chi connectivity index (χ4n) is 0.444. The van der Waals surface area contributed by atoms with E-state index in [0.29, 0.717) is 19.8 Å². The molecule has 0 aromatic rings. The summed E-state index contributed by atoms with van der Waals surface area (Å²) in [7, 11) is -3.03. The first-order valence-corrected chi connectivity index (χ1v) is 4.98. The zero-order valence-electron chi connectivity index (χ0n) is 6.25. The van der Waals surface area contributed by atoms with E-state index in [1.165, 1.54) is 0 Å². The molecule has 0 fully saturated rings. The monoisotopic (exact) mass is 167 g/mol. The SMILES string of the molecule is CCOCCNS(C)(=O)=O. The van der Waals surface area contributed by atoms with Gasteiger partial charge in [0.15, 0.2) is 0 Å². The van der Waals surface area contributed by atoms with E-state index in [1.807, 2.05) is 6.92 Å². The summed E-state index contributed by atoms with van der Waals surface area (Å²) in [6.07, 6.45) is 1.12. The first kappa shape index (κ1) is 9.87. The van der Waals surface area contributed by atoms with Crippen LogP contribution in [0.25, 0.3) is 0 Å². The number of sulfonamides is 1. The Kier molecular flexibility index (Phi) is 4.59. The average molecular weight is 167 g/mol. The predicted molar refractivity (Wildman–Crippen MR) is 39.3 cm³/mol. The Morgan fingerprint density at radius 1 is 1.50 bits per heavy atom. The van der Waals surface area contributed by atoms with E-state index < -0.39 is 10.0 Å². The molecule has 62 valence electrons. The lowest BCUT2D eigenvalue weighted by Gasteiger charge is -2.00. The van der Waals surface area contributed by atoms with Crippen LogP contribution in [0.5, 0.6) is 0 Å². The van der Waals surface area contributed by atoms with Crippen molar-refractivity contribution in [2.75, 3.05) is 26.0 Å². The number of hydrogen-bond acceptors (Lipinski definition) is 3. The van der Waals surface area contributed by atoms with Gasteiger partial charge in [-0.25, -0.2) is 13.1 Å². The minimum Gasteiger partial charge on any atom is -0.380 e. The highest BCUT2D eigenvalue weighted by Crippen LogP contribution is 1.74. The second kappa shape index (κ2) is 4.65. The molecule has 0 aliphatic rings. The van der Waals surface area contributed by atoms with Gasteiger partial charge in [-0.1, -0.05) is 0 Å². The van der Waals surface area contributed by atoms with Crippen LogP contribution in [0.2, 0.25) is 0 Å². The fraction of sp³-hybridized carbons (Fsp3) is 1.00. The van der Waals surface area contributed by atoms with Gasteiger partial charge in [0, 0.05) is 13.2 Å². The number of rotatable bonds is 5. The second-order valence-electron chi connectivity index (χ2n) is 1.86. The third-order valence-electron chi connectivity index (χ3n) is 0.815. The quantitative estimate of drug-likeness (QED) is 0.565. The van der Waals surface area contributed by atoms with Gasteiger partial charge in [-0.15, -0.1) is 0 Å². The molecule has 0 bridgehead atoms. The summed E-state index contributed by atoms with van der Waals surface area (Å²) in [5, 5.41) is 0. The molecule has 0 saturated carbocycles. The van der Waals surface area contributed by atoms with Crippen molar-refractivity contribution >= 4 is 10.0 Å². The van der Waals surface area contributed by atoms with Crippen molar-refractivity contribution in [2.45, 2.75) is 6.92 Å². The Bertz CT molecular complexity index is 164. The molecular weight excluding hydrogens is 154 g/mol. The van der Waals surface area contributed by atoms with Crippen molar-refractivity contribution in [2.24, 2.45) is 0 Å². The average Bonchev–Trinajstić information content (AvgIpc) is 1.78. The van der Waals surface area contributed by atoms with Crippen molar-refractivity contribution < 1.29 is 13.2 Å². The molecule has 0 unspecified atom stereocenters. The van der Waals surface area contributed by atoms with E-state index in [2.05, 4.69) is 4.72 Å². The van der Waals surface area contributed by atoms with Crippen molar-refractivity contribution in [3.63, 3.8) is 0 Å². The molecule has 0 atom stereocenters. The molecule has 0 spiro atoms. The number of nitrogens with one attached hydrogen (secondary N) is 1. The van der Waals surface area contributed by atoms with Gasteiger partial charge in [0.05, 0.1) is 12.9 Å². The third-order valence-corrected chi connectivity index (χ3v) is 1.54. The molecule has 0 aromatic heterocycles. The topological polar surface area (TPSA) is 55.4 Å². The second-order valence-corrected chi connectivity index (χ2v) is 3.70. The Labute approximate surface area is 61.6 Å². The molecule has 4 nitrogen and oxygen atoms in total. The predicted octanol–water partition coefficient (Wildman–Crippen LogP) is -0.428. The molecule has 0 amide bonds. The lowest BCUT2D eigenvalue weighted by Crippen LogP contribution is -2.25. The largest absolute Gasteiger partial charge is 0.380 e. The molecule has 0 aliphatic heterocycles. The summed E-state index contributed by atoms with van der Waals surface area (Å²) >= 11 is 0. The molecule has 10 heavy (non-hydrogen) atoms. The van der Waals surface area contributed by atoms with E-state index in [0.717, 1.165) is 6.26 Å². The lowest BCUT2D eigenvalue weighted by molar-refractivity contribution is 0.153. The summed E-state index contributed by atoms with van der Waals surface area (Å²) < 4.78 is 28.1. The maximum Gasteiger partial charge on any atom is 0.208 e. The molecule has 0 aromatic carbocycles. The zero-order valence-corrected chi connectivity index (χ0v) is 7.07. The minimum absolute atomic E-state index is 0.354. The number of ether oxygens (including phenoxy) is 1. The highest BCUT2D eigenvalue weighted by Gasteiger charge is 1.96. The summed E-state index contributed by atoms with van der Waals surface area (Å²) in [6, 6.07) is 0. The van der Waals surface area contributed by atoms with Crippen LogP contribution in [0, 0.1) is 0 Å². The molecule has 1 N–H and O–H groups in total. The summed E-state index contributed by atoms with van der Waals surface area (Å²) in [6.45, 7) is 3.27. The van der Waals surface area contributed by atoms with Gasteiger partial charge in [-0.05, 0) is 6.92 Å². The van der Waals surface area contributed by atoms with Crippen LogP contribution >= 0.6 is 0 Å². The third kappa shape index (κ3) is 7.87. The molecule has 5 heteroatoms. The molecule has 0 saturated heterocycles. The lowest BCUT2D eigenvalue weighted by atomic mass is 10.7. The van der Waals surface area contributed by atoms with E-state index in [1.54, 1.807) is 0 Å². The highest BCUT2D eigenvalue weighted by atomic mass is 32.2. The molecule has 0 rings (SSSR count). The van der Waals surface area contributed by atoms with Crippen LogP contribution < -0.4 is 4.72 Å². The standard InChI is InChI=1S/C5H13NO3S/c1-3-9-5-4-6-10(2,7)8/h6H,3-5H2,1-2H3. The van der Waals surface area contributed by atoms with Gasteiger partial charge < -0.3 is 4.74 Å². The van der Waals surface area contributed by atoms with Gasteiger partial charge in [0.2, 0.25) is 10.0 Å². The molecule has 0 heterocycles. The highest BCUT2D eigenvalue weighted by molar-refractivity contribution is 7.88. The Balaban J connectivity index is 3.21. The molecule has 0 aliphatic carbocycles. The maximum absolute atomic E-state index is 10.4.